The summed E-state index contributed by atoms with van der Waals surface area (Å²) in [5.41, 5.74) is -0.342. The molecule has 2 fully saturated rings. The van der Waals surface area contributed by atoms with E-state index in [0.29, 0.717) is 30.6 Å². The second-order valence-electron chi connectivity index (χ2n) is 5.59. The number of halogens is 3. The minimum Gasteiger partial charge on any atom is -0.324 e. The van der Waals surface area contributed by atoms with E-state index in [0.717, 1.165) is 25.2 Å². The van der Waals surface area contributed by atoms with Crippen molar-refractivity contribution >= 4 is 11.7 Å². The minimum atomic E-state index is -4.36. The molecule has 2 heterocycles. The lowest BCUT2D eigenvalue weighted by molar-refractivity contribution is -0.137. The van der Waals surface area contributed by atoms with Gasteiger partial charge in [-0.05, 0) is 36.1 Å². The first-order chi connectivity index (χ1) is 9.93. The highest BCUT2D eigenvalue weighted by Gasteiger charge is 2.38. The number of amides is 2. The molecule has 2 unspecified atom stereocenters. The summed E-state index contributed by atoms with van der Waals surface area (Å²) in [6.45, 7) is 3.25. The first-order valence-corrected chi connectivity index (χ1v) is 6.87. The maximum atomic E-state index is 12.5. The van der Waals surface area contributed by atoms with E-state index in [9.17, 15) is 18.0 Å². The zero-order valence-corrected chi connectivity index (χ0v) is 11.3. The molecule has 2 aliphatic heterocycles. The molecule has 21 heavy (non-hydrogen) atoms. The second-order valence-corrected chi connectivity index (χ2v) is 5.59. The Kier molecular flexibility index (Phi) is 3.52. The predicted octanol–water partition coefficient (Wildman–Crippen LogP) is 2.39. The standard InChI is InChI=1S/C14H16F3N3O/c15-14(16,17)11-1-3-12(4-2-11)19-13(21)20-7-9-5-18-6-10(9)8-20/h1-4,9-10,18H,5-8H2,(H,19,21). The molecule has 0 aliphatic carbocycles. The number of hydrogen-bond acceptors (Lipinski definition) is 2. The Hall–Kier alpha value is -1.76. The number of fused-ring (bicyclic) bond motifs is 1. The number of nitrogens with zero attached hydrogens (tertiary/aromatic N) is 1. The van der Waals surface area contributed by atoms with Crippen molar-refractivity contribution in [3.8, 4) is 0 Å². The fraction of sp³-hybridized carbons (Fsp3) is 0.500. The van der Waals surface area contributed by atoms with Crippen LogP contribution in [0.1, 0.15) is 5.56 Å². The SMILES string of the molecule is O=C(Nc1ccc(C(F)(F)F)cc1)N1CC2CNCC2C1. The summed E-state index contributed by atoms with van der Waals surface area (Å²) in [5.74, 6) is 0.978. The van der Waals surface area contributed by atoms with E-state index in [1.807, 2.05) is 0 Å². The van der Waals surface area contributed by atoms with E-state index in [-0.39, 0.29) is 6.03 Å². The fourth-order valence-electron chi connectivity index (χ4n) is 2.97. The van der Waals surface area contributed by atoms with Crippen molar-refractivity contribution in [3.63, 3.8) is 0 Å². The molecule has 114 valence electrons. The normalized spacial score (nSPS) is 25.0. The minimum absolute atomic E-state index is 0.246. The van der Waals surface area contributed by atoms with E-state index >= 15 is 0 Å². The van der Waals surface area contributed by atoms with Crippen LogP contribution in [0.3, 0.4) is 0 Å². The largest absolute Gasteiger partial charge is 0.416 e. The lowest BCUT2D eigenvalue weighted by Gasteiger charge is -2.18. The van der Waals surface area contributed by atoms with Crippen LogP contribution in [0.4, 0.5) is 23.7 Å². The van der Waals surface area contributed by atoms with Crippen molar-refractivity contribution in [3.05, 3.63) is 29.8 Å². The van der Waals surface area contributed by atoms with Gasteiger partial charge >= 0.3 is 12.2 Å². The molecule has 1 aromatic rings. The zero-order valence-electron chi connectivity index (χ0n) is 11.3. The first-order valence-electron chi connectivity index (χ1n) is 6.87. The van der Waals surface area contributed by atoms with Crippen LogP contribution >= 0.6 is 0 Å². The number of nitrogens with one attached hydrogen (secondary N) is 2. The molecular formula is C14H16F3N3O. The van der Waals surface area contributed by atoms with Crippen molar-refractivity contribution < 1.29 is 18.0 Å². The maximum absolute atomic E-state index is 12.5. The van der Waals surface area contributed by atoms with Crippen molar-refractivity contribution in [2.75, 3.05) is 31.5 Å². The predicted molar refractivity (Wildman–Crippen MR) is 71.9 cm³/mol. The number of anilines is 1. The highest BCUT2D eigenvalue weighted by molar-refractivity contribution is 5.89. The molecule has 1 aromatic carbocycles. The topological polar surface area (TPSA) is 44.4 Å². The summed E-state index contributed by atoms with van der Waals surface area (Å²) in [5, 5.41) is 5.94. The summed E-state index contributed by atoms with van der Waals surface area (Å²) in [6.07, 6.45) is -4.36. The molecule has 2 saturated heterocycles. The smallest absolute Gasteiger partial charge is 0.324 e. The third-order valence-corrected chi connectivity index (χ3v) is 4.14. The van der Waals surface area contributed by atoms with Gasteiger partial charge in [0.05, 0.1) is 5.56 Å². The Morgan fingerprint density at radius 2 is 1.71 bits per heavy atom. The highest BCUT2D eigenvalue weighted by atomic mass is 19.4. The average Bonchev–Trinajstić information content (AvgIpc) is 2.98. The van der Waals surface area contributed by atoms with Gasteiger partial charge in [-0.2, -0.15) is 13.2 Å². The van der Waals surface area contributed by atoms with Gasteiger partial charge in [-0.25, -0.2) is 4.79 Å². The molecule has 4 nitrogen and oxygen atoms in total. The van der Waals surface area contributed by atoms with Gasteiger partial charge in [-0.3, -0.25) is 0 Å². The Bertz CT molecular complexity index is 517. The van der Waals surface area contributed by atoms with Gasteiger partial charge < -0.3 is 15.5 Å². The molecule has 2 N–H and O–H groups in total. The van der Waals surface area contributed by atoms with E-state index in [2.05, 4.69) is 10.6 Å². The van der Waals surface area contributed by atoms with Crippen molar-refractivity contribution in [1.29, 1.82) is 0 Å². The van der Waals surface area contributed by atoms with Crippen LogP contribution in [0.2, 0.25) is 0 Å². The first kappa shape index (κ1) is 14.2. The lowest BCUT2D eigenvalue weighted by Crippen LogP contribution is -2.35. The molecular weight excluding hydrogens is 283 g/mol. The summed E-state index contributed by atoms with van der Waals surface area (Å²) in [6, 6.07) is 4.25. The van der Waals surface area contributed by atoms with E-state index in [1.54, 1.807) is 4.90 Å². The van der Waals surface area contributed by atoms with Gasteiger partial charge in [0.2, 0.25) is 0 Å². The van der Waals surface area contributed by atoms with E-state index in [1.165, 1.54) is 12.1 Å². The number of urea groups is 1. The van der Waals surface area contributed by atoms with Crippen LogP contribution in [0, 0.1) is 11.8 Å². The average molecular weight is 299 g/mol. The molecule has 3 rings (SSSR count). The Morgan fingerprint density at radius 3 is 2.24 bits per heavy atom. The molecule has 2 aliphatic rings. The fourth-order valence-corrected chi connectivity index (χ4v) is 2.97. The molecule has 2 amide bonds. The van der Waals surface area contributed by atoms with Crippen molar-refractivity contribution in [2.24, 2.45) is 11.8 Å². The molecule has 0 radical (unpaired) electrons. The molecule has 0 spiro atoms. The second kappa shape index (κ2) is 5.22. The Morgan fingerprint density at radius 1 is 1.14 bits per heavy atom. The molecule has 0 bridgehead atoms. The van der Waals surface area contributed by atoms with Crippen LogP contribution in [0.15, 0.2) is 24.3 Å². The van der Waals surface area contributed by atoms with Gasteiger partial charge in [-0.1, -0.05) is 0 Å². The number of hydrogen-bond donors (Lipinski definition) is 2. The number of rotatable bonds is 1. The third kappa shape index (κ3) is 2.97. The zero-order chi connectivity index (χ0) is 15.0. The molecule has 0 aromatic heterocycles. The number of carbonyl (C=O) groups is 1. The highest BCUT2D eigenvalue weighted by Crippen LogP contribution is 2.30. The monoisotopic (exact) mass is 299 g/mol. The summed E-state index contributed by atoms with van der Waals surface area (Å²) < 4.78 is 37.4. The van der Waals surface area contributed by atoms with Crippen molar-refractivity contribution in [2.45, 2.75) is 6.18 Å². The molecule has 2 atom stereocenters. The van der Waals surface area contributed by atoms with Gasteiger partial charge in [0.15, 0.2) is 0 Å². The van der Waals surface area contributed by atoms with Crippen molar-refractivity contribution in [1.82, 2.24) is 10.2 Å². The maximum Gasteiger partial charge on any atom is 0.416 e. The molecule has 0 saturated carbocycles. The van der Waals surface area contributed by atoms with Crippen LogP contribution in [-0.2, 0) is 6.18 Å². The van der Waals surface area contributed by atoms with E-state index in [4.69, 9.17) is 0 Å². The summed E-state index contributed by atoms with van der Waals surface area (Å²) in [4.78, 5) is 13.8. The quantitative estimate of drug-likeness (QED) is 0.836. The van der Waals surface area contributed by atoms with Gasteiger partial charge in [-0.15, -0.1) is 0 Å². The summed E-state index contributed by atoms with van der Waals surface area (Å²) in [7, 11) is 0. The number of benzene rings is 1. The van der Waals surface area contributed by atoms with Crippen LogP contribution in [-0.4, -0.2) is 37.1 Å². The number of likely N-dealkylation sites (tertiary alicyclic amines) is 1. The summed E-state index contributed by atoms with van der Waals surface area (Å²) >= 11 is 0. The van der Waals surface area contributed by atoms with Crippen LogP contribution in [0.5, 0.6) is 0 Å². The molecule has 7 heteroatoms. The van der Waals surface area contributed by atoms with Gasteiger partial charge in [0.25, 0.3) is 0 Å². The number of alkyl halides is 3. The Labute approximate surface area is 120 Å². The van der Waals surface area contributed by atoms with E-state index < -0.39 is 11.7 Å². The Balaban J connectivity index is 1.60. The van der Waals surface area contributed by atoms with Gasteiger partial charge in [0, 0.05) is 31.9 Å². The van der Waals surface area contributed by atoms with Gasteiger partial charge in [0.1, 0.15) is 0 Å². The third-order valence-electron chi connectivity index (χ3n) is 4.14. The lowest BCUT2D eigenvalue weighted by atomic mass is 10.0. The number of carbonyl (C=O) groups excluding carboxylic acids is 1. The van der Waals surface area contributed by atoms with Crippen LogP contribution in [0.25, 0.3) is 0 Å². The van der Waals surface area contributed by atoms with Crippen LogP contribution < -0.4 is 10.6 Å².